The molecule has 66 valence electrons. The van der Waals surface area contributed by atoms with Crippen LogP contribution in [0.15, 0.2) is 49.1 Å². The van der Waals surface area contributed by atoms with Gasteiger partial charge in [-0.05, 0) is 13.3 Å². The summed E-state index contributed by atoms with van der Waals surface area (Å²) in [6.45, 7) is 5.47. The minimum absolute atomic E-state index is 0.391. The van der Waals surface area contributed by atoms with Gasteiger partial charge in [-0.3, -0.25) is 0 Å². The quantitative estimate of drug-likeness (QED) is 0.619. The molecule has 12 heavy (non-hydrogen) atoms. The second-order valence-electron chi connectivity index (χ2n) is 2.38. The van der Waals surface area contributed by atoms with Gasteiger partial charge in [0.25, 0.3) is 0 Å². The number of hydrogen-bond donors (Lipinski definition) is 1. The molecule has 1 nitrogen and oxygen atoms in total. The van der Waals surface area contributed by atoms with Crippen LogP contribution in [0.2, 0.25) is 0 Å². The molecule has 0 radical (unpaired) electrons. The van der Waals surface area contributed by atoms with Crippen LogP contribution in [0, 0.1) is 0 Å². The fraction of sp³-hybridized carbons (Fsp3) is 0.273. The lowest BCUT2D eigenvalue weighted by molar-refractivity contribution is 0.227. The van der Waals surface area contributed by atoms with E-state index in [2.05, 4.69) is 6.58 Å². The lowest BCUT2D eigenvalue weighted by Gasteiger charge is -1.97. The summed E-state index contributed by atoms with van der Waals surface area (Å²) in [5, 5.41) is 9.30. The summed E-state index contributed by atoms with van der Waals surface area (Å²) in [5.41, 5.74) is 0. The molecule has 0 saturated heterocycles. The summed E-state index contributed by atoms with van der Waals surface area (Å²) in [6, 6.07) is 0. The van der Waals surface area contributed by atoms with Crippen molar-refractivity contribution in [3.8, 4) is 0 Å². The lowest BCUT2D eigenvalue weighted by Crippen LogP contribution is -1.98. The number of aliphatic hydroxyl groups is 1. The van der Waals surface area contributed by atoms with Gasteiger partial charge in [0, 0.05) is 0 Å². The molecule has 0 amide bonds. The molecule has 1 heteroatoms. The molecule has 0 aromatic heterocycles. The van der Waals surface area contributed by atoms with Crippen molar-refractivity contribution in [2.24, 2.45) is 0 Å². The fourth-order valence-electron chi connectivity index (χ4n) is 0.696. The zero-order chi connectivity index (χ0) is 9.23. The van der Waals surface area contributed by atoms with Crippen molar-refractivity contribution < 1.29 is 5.11 Å². The zero-order valence-electron chi connectivity index (χ0n) is 7.48. The first-order valence-electron chi connectivity index (χ1n) is 4.06. The molecule has 1 atom stereocenters. The summed E-state index contributed by atoms with van der Waals surface area (Å²) in [6.07, 6.45) is 13.1. The summed E-state index contributed by atoms with van der Waals surface area (Å²) in [4.78, 5) is 0. The Morgan fingerprint density at radius 2 is 2.08 bits per heavy atom. The van der Waals surface area contributed by atoms with E-state index in [1.807, 2.05) is 37.3 Å². The fourth-order valence-corrected chi connectivity index (χ4v) is 0.696. The van der Waals surface area contributed by atoms with Crippen molar-refractivity contribution in [1.82, 2.24) is 0 Å². The van der Waals surface area contributed by atoms with E-state index >= 15 is 0 Å². The SMILES string of the molecule is C=CC=CCC(O)C=CC=CC. The van der Waals surface area contributed by atoms with E-state index in [9.17, 15) is 5.11 Å². The first kappa shape index (κ1) is 10.9. The number of aliphatic hydroxyl groups excluding tert-OH is 1. The number of hydrogen-bond acceptors (Lipinski definition) is 1. The third kappa shape index (κ3) is 7.03. The van der Waals surface area contributed by atoms with Gasteiger partial charge in [-0.1, -0.05) is 49.1 Å². The molecule has 0 aliphatic carbocycles. The van der Waals surface area contributed by atoms with E-state index in [1.165, 1.54) is 0 Å². The zero-order valence-corrected chi connectivity index (χ0v) is 7.48. The predicted octanol–water partition coefficient (Wildman–Crippen LogP) is 2.61. The molecule has 0 aromatic rings. The van der Waals surface area contributed by atoms with E-state index in [0.717, 1.165) is 0 Å². The summed E-state index contributed by atoms with van der Waals surface area (Å²) in [5.74, 6) is 0. The Kier molecular flexibility index (Phi) is 7.30. The molecule has 0 aliphatic rings. The molecule has 0 aliphatic heterocycles. The first-order chi connectivity index (χ1) is 5.81. The Labute approximate surface area is 74.4 Å². The smallest absolute Gasteiger partial charge is 0.0758 e. The first-order valence-corrected chi connectivity index (χ1v) is 4.06. The van der Waals surface area contributed by atoms with Crippen LogP contribution in [0.5, 0.6) is 0 Å². The van der Waals surface area contributed by atoms with Crippen molar-refractivity contribution in [1.29, 1.82) is 0 Å². The number of rotatable bonds is 5. The molecular weight excluding hydrogens is 148 g/mol. The van der Waals surface area contributed by atoms with Crippen LogP contribution in [0.25, 0.3) is 0 Å². The Morgan fingerprint density at radius 1 is 1.33 bits per heavy atom. The maximum atomic E-state index is 9.30. The molecule has 0 bridgehead atoms. The second-order valence-corrected chi connectivity index (χ2v) is 2.38. The molecule has 0 fully saturated rings. The van der Waals surface area contributed by atoms with Crippen LogP contribution < -0.4 is 0 Å². The number of allylic oxidation sites excluding steroid dienone is 5. The highest BCUT2D eigenvalue weighted by molar-refractivity contribution is 5.06. The van der Waals surface area contributed by atoms with Crippen molar-refractivity contribution in [3.63, 3.8) is 0 Å². The van der Waals surface area contributed by atoms with Gasteiger partial charge in [-0.25, -0.2) is 0 Å². The monoisotopic (exact) mass is 164 g/mol. The highest BCUT2D eigenvalue weighted by atomic mass is 16.3. The van der Waals surface area contributed by atoms with E-state index in [0.29, 0.717) is 6.42 Å². The maximum absolute atomic E-state index is 9.30. The largest absolute Gasteiger partial charge is 0.389 e. The Bertz CT molecular complexity index is 187. The van der Waals surface area contributed by atoms with Gasteiger partial charge in [0.15, 0.2) is 0 Å². The van der Waals surface area contributed by atoms with Gasteiger partial charge in [-0.2, -0.15) is 0 Å². The predicted molar refractivity (Wildman–Crippen MR) is 53.9 cm³/mol. The van der Waals surface area contributed by atoms with E-state index in [1.54, 1.807) is 12.2 Å². The topological polar surface area (TPSA) is 20.2 Å². The van der Waals surface area contributed by atoms with Gasteiger partial charge in [0.05, 0.1) is 6.10 Å². The molecule has 0 saturated carbocycles. The van der Waals surface area contributed by atoms with Gasteiger partial charge in [0.1, 0.15) is 0 Å². The Morgan fingerprint density at radius 3 is 2.67 bits per heavy atom. The third-order valence-corrected chi connectivity index (χ3v) is 1.29. The molecule has 1 N–H and O–H groups in total. The lowest BCUT2D eigenvalue weighted by atomic mass is 10.2. The molecule has 0 rings (SSSR count). The van der Waals surface area contributed by atoms with Crippen LogP contribution in [0.3, 0.4) is 0 Å². The summed E-state index contributed by atoms with van der Waals surface area (Å²) >= 11 is 0. The molecule has 1 unspecified atom stereocenters. The van der Waals surface area contributed by atoms with Crippen molar-refractivity contribution in [2.75, 3.05) is 0 Å². The van der Waals surface area contributed by atoms with Gasteiger partial charge in [-0.15, -0.1) is 0 Å². The Hall–Kier alpha value is -1.08. The van der Waals surface area contributed by atoms with Gasteiger partial charge >= 0.3 is 0 Å². The van der Waals surface area contributed by atoms with Crippen LogP contribution in [0.1, 0.15) is 13.3 Å². The maximum Gasteiger partial charge on any atom is 0.0758 e. The van der Waals surface area contributed by atoms with Crippen LogP contribution in [-0.4, -0.2) is 11.2 Å². The molecule has 0 heterocycles. The van der Waals surface area contributed by atoms with Crippen LogP contribution in [0.4, 0.5) is 0 Å². The molecular formula is C11H16O. The van der Waals surface area contributed by atoms with Gasteiger partial charge < -0.3 is 5.11 Å². The second kappa shape index (κ2) is 8.02. The van der Waals surface area contributed by atoms with Crippen LogP contribution in [-0.2, 0) is 0 Å². The minimum Gasteiger partial charge on any atom is -0.389 e. The van der Waals surface area contributed by atoms with E-state index in [-0.39, 0.29) is 0 Å². The standard InChI is InChI=1S/C11H16O/c1-3-5-7-9-11(12)10-8-6-4-2/h3-8,10-12H,1,9H2,2H3. The average Bonchev–Trinajstić information content (AvgIpc) is 2.06. The van der Waals surface area contributed by atoms with Crippen molar-refractivity contribution in [3.05, 3.63) is 49.1 Å². The normalized spacial score (nSPS) is 14.8. The van der Waals surface area contributed by atoms with E-state index in [4.69, 9.17) is 0 Å². The third-order valence-electron chi connectivity index (χ3n) is 1.29. The van der Waals surface area contributed by atoms with Gasteiger partial charge in [0.2, 0.25) is 0 Å². The highest BCUT2D eigenvalue weighted by Gasteiger charge is 1.91. The Balaban J connectivity index is 3.65. The van der Waals surface area contributed by atoms with E-state index < -0.39 is 6.10 Å². The summed E-state index contributed by atoms with van der Waals surface area (Å²) in [7, 11) is 0. The van der Waals surface area contributed by atoms with Crippen LogP contribution >= 0.6 is 0 Å². The van der Waals surface area contributed by atoms with Crippen molar-refractivity contribution in [2.45, 2.75) is 19.4 Å². The van der Waals surface area contributed by atoms with Crippen molar-refractivity contribution >= 4 is 0 Å². The molecule has 0 aromatic carbocycles. The highest BCUT2D eigenvalue weighted by Crippen LogP contribution is 1.95. The summed E-state index contributed by atoms with van der Waals surface area (Å²) < 4.78 is 0. The molecule has 0 spiro atoms. The minimum atomic E-state index is -0.391. The average molecular weight is 164 g/mol.